The van der Waals surface area contributed by atoms with Crippen molar-refractivity contribution in [3.8, 4) is 11.1 Å². The standard InChI is InChI=1S/C22H28N2O3S/c1-4-27-22(26)20-18(17-9-7-15(2)8-10-17)14-28-21(20)23-19(25)13-24-11-5-6-16(3)12-24/h7-10,14,16H,4-6,11-13H2,1-3H3,(H,23,25)/t16-/m0/s1. The molecule has 0 unspecified atom stereocenters. The number of carbonyl (C=O) groups is 2. The maximum atomic E-state index is 12.6. The van der Waals surface area contributed by atoms with Crippen LogP contribution in [0.25, 0.3) is 11.1 Å². The van der Waals surface area contributed by atoms with Crippen molar-refractivity contribution < 1.29 is 14.3 Å². The summed E-state index contributed by atoms with van der Waals surface area (Å²) in [4.78, 5) is 27.4. The summed E-state index contributed by atoms with van der Waals surface area (Å²) >= 11 is 1.37. The van der Waals surface area contributed by atoms with Gasteiger partial charge in [-0.05, 0) is 44.7 Å². The van der Waals surface area contributed by atoms with Gasteiger partial charge in [-0.25, -0.2) is 4.79 Å². The van der Waals surface area contributed by atoms with E-state index in [0.29, 0.717) is 29.6 Å². The van der Waals surface area contributed by atoms with E-state index in [1.54, 1.807) is 6.92 Å². The van der Waals surface area contributed by atoms with Crippen molar-refractivity contribution in [1.29, 1.82) is 0 Å². The number of aryl methyl sites for hydroxylation is 1. The third-order valence-corrected chi connectivity index (χ3v) is 5.89. The van der Waals surface area contributed by atoms with Crippen LogP contribution in [-0.4, -0.2) is 43.0 Å². The molecule has 1 aliphatic heterocycles. The van der Waals surface area contributed by atoms with E-state index in [9.17, 15) is 9.59 Å². The molecule has 28 heavy (non-hydrogen) atoms. The number of carbonyl (C=O) groups excluding carboxylic acids is 2. The minimum absolute atomic E-state index is 0.0862. The van der Waals surface area contributed by atoms with Crippen LogP contribution in [0.4, 0.5) is 5.00 Å². The zero-order chi connectivity index (χ0) is 20.1. The predicted molar refractivity (Wildman–Crippen MR) is 114 cm³/mol. The van der Waals surface area contributed by atoms with Crippen molar-refractivity contribution in [2.24, 2.45) is 5.92 Å². The van der Waals surface area contributed by atoms with Crippen molar-refractivity contribution in [2.75, 3.05) is 31.6 Å². The molecule has 1 aliphatic rings. The number of amides is 1. The fourth-order valence-electron chi connectivity index (χ4n) is 3.60. The highest BCUT2D eigenvalue weighted by Gasteiger charge is 2.24. The number of nitrogens with zero attached hydrogens (tertiary/aromatic N) is 1. The van der Waals surface area contributed by atoms with Crippen molar-refractivity contribution >= 4 is 28.2 Å². The zero-order valence-corrected chi connectivity index (χ0v) is 17.6. The predicted octanol–water partition coefficient (Wildman–Crippen LogP) is 4.57. The Morgan fingerprint density at radius 2 is 2.04 bits per heavy atom. The Balaban J connectivity index is 1.80. The molecule has 1 aromatic carbocycles. The van der Waals surface area contributed by atoms with E-state index in [0.717, 1.165) is 36.2 Å². The summed E-state index contributed by atoms with van der Waals surface area (Å²) in [7, 11) is 0. The molecule has 0 spiro atoms. The van der Waals surface area contributed by atoms with E-state index in [-0.39, 0.29) is 5.91 Å². The second-order valence-corrected chi connectivity index (χ2v) is 8.35. The van der Waals surface area contributed by atoms with Gasteiger partial charge in [-0.3, -0.25) is 9.69 Å². The van der Waals surface area contributed by atoms with Gasteiger partial charge < -0.3 is 10.1 Å². The van der Waals surface area contributed by atoms with Crippen LogP contribution in [0.15, 0.2) is 29.6 Å². The molecule has 0 radical (unpaired) electrons. The molecule has 150 valence electrons. The molecule has 1 amide bonds. The fraction of sp³-hybridized carbons (Fsp3) is 0.455. The quantitative estimate of drug-likeness (QED) is 0.722. The Morgan fingerprint density at radius 1 is 1.29 bits per heavy atom. The molecule has 5 nitrogen and oxygen atoms in total. The van der Waals surface area contributed by atoms with Gasteiger partial charge in [0.25, 0.3) is 0 Å². The molecule has 6 heteroatoms. The van der Waals surface area contributed by atoms with Crippen LogP contribution >= 0.6 is 11.3 Å². The van der Waals surface area contributed by atoms with Crippen LogP contribution in [0, 0.1) is 12.8 Å². The number of hydrogen-bond acceptors (Lipinski definition) is 5. The van der Waals surface area contributed by atoms with E-state index in [1.807, 2.05) is 36.6 Å². The first-order valence-corrected chi connectivity index (χ1v) is 10.7. The van der Waals surface area contributed by atoms with Crippen LogP contribution in [0.2, 0.25) is 0 Å². The highest BCUT2D eigenvalue weighted by Crippen LogP contribution is 2.36. The second-order valence-electron chi connectivity index (χ2n) is 7.47. The van der Waals surface area contributed by atoms with Crippen molar-refractivity contribution in [3.05, 3.63) is 40.8 Å². The number of thiophene rings is 1. The SMILES string of the molecule is CCOC(=O)c1c(-c2ccc(C)cc2)csc1NC(=O)CN1CCC[C@H](C)C1. The maximum absolute atomic E-state index is 12.6. The number of nitrogens with one attached hydrogen (secondary N) is 1. The molecule has 2 heterocycles. The summed E-state index contributed by atoms with van der Waals surface area (Å²) in [5.74, 6) is 0.129. The normalized spacial score (nSPS) is 17.3. The summed E-state index contributed by atoms with van der Waals surface area (Å²) in [6, 6.07) is 8.00. The molecule has 1 N–H and O–H groups in total. The van der Waals surface area contributed by atoms with Gasteiger partial charge in [-0.1, -0.05) is 36.8 Å². The van der Waals surface area contributed by atoms with Gasteiger partial charge in [-0.2, -0.15) is 0 Å². The minimum atomic E-state index is -0.402. The average Bonchev–Trinajstić information content (AvgIpc) is 3.06. The number of likely N-dealkylation sites (tertiary alicyclic amines) is 1. The minimum Gasteiger partial charge on any atom is -0.462 e. The Bertz CT molecular complexity index is 829. The van der Waals surface area contributed by atoms with Crippen molar-refractivity contribution in [3.63, 3.8) is 0 Å². The van der Waals surface area contributed by atoms with Gasteiger partial charge in [-0.15, -0.1) is 11.3 Å². The number of rotatable bonds is 6. The fourth-order valence-corrected chi connectivity index (χ4v) is 4.57. The largest absolute Gasteiger partial charge is 0.462 e. The Labute approximate surface area is 170 Å². The van der Waals surface area contributed by atoms with Gasteiger partial charge >= 0.3 is 5.97 Å². The van der Waals surface area contributed by atoms with Gasteiger partial charge in [0.1, 0.15) is 10.6 Å². The summed E-state index contributed by atoms with van der Waals surface area (Å²) in [5.41, 5.74) is 3.33. The summed E-state index contributed by atoms with van der Waals surface area (Å²) in [5, 5.41) is 5.42. The first-order chi connectivity index (χ1) is 13.5. The summed E-state index contributed by atoms with van der Waals surface area (Å²) in [6.45, 7) is 8.56. The molecule has 0 bridgehead atoms. The summed E-state index contributed by atoms with van der Waals surface area (Å²) < 4.78 is 5.26. The number of esters is 1. The van der Waals surface area contributed by atoms with E-state index in [1.165, 1.54) is 17.8 Å². The van der Waals surface area contributed by atoms with E-state index in [4.69, 9.17) is 4.74 Å². The van der Waals surface area contributed by atoms with Crippen LogP contribution in [0.5, 0.6) is 0 Å². The van der Waals surface area contributed by atoms with Crippen LogP contribution in [0.3, 0.4) is 0 Å². The average molecular weight is 401 g/mol. The Hall–Kier alpha value is -2.18. The Morgan fingerprint density at radius 3 is 2.71 bits per heavy atom. The number of benzene rings is 1. The lowest BCUT2D eigenvalue weighted by Crippen LogP contribution is -2.39. The smallest absolute Gasteiger partial charge is 0.341 e. The van der Waals surface area contributed by atoms with E-state index >= 15 is 0 Å². The second kappa shape index (κ2) is 9.34. The molecule has 2 aromatic rings. The topological polar surface area (TPSA) is 58.6 Å². The molecule has 3 rings (SSSR count). The van der Waals surface area contributed by atoms with Crippen LogP contribution < -0.4 is 5.32 Å². The molecule has 1 saturated heterocycles. The monoisotopic (exact) mass is 400 g/mol. The number of anilines is 1. The molecule has 1 aromatic heterocycles. The summed E-state index contributed by atoms with van der Waals surface area (Å²) in [6.07, 6.45) is 2.34. The van der Waals surface area contributed by atoms with Crippen molar-refractivity contribution in [2.45, 2.75) is 33.6 Å². The van der Waals surface area contributed by atoms with Crippen LogP contribution in [-0.2, 0) is 9.53 Å². The van der Waals surface area contributed by atoms with Crippen LogP contribution in [0.1, 0.15) is 42.6 Å². The first kappa shape index (κ1) is 20.6. The molecular formula is C22H28N2O3S. The highest BCUT2D eigenvalue weighted by molar-refractivity contribution is 7.15. The Kier molecular flexibility index (Phi) is 6.86. The maximum Gasteiger partial charge on any atom is 0.341 e. The molecule has 0 saturated carbocycles. The highest BCUT2D eigenvalue weighted by atomic mass is 32.1. The zero-order valence-electron chi connectivity index (χ0n) is 16.8. The van der Waals surface area contributed by atoms with Crippen molar-refractivity contribution in [1.82, 2.24) is 4.90 Å². The van der Waals surface area contributed by atoms with Gasteiger partial charge in [0.2, 0.25) is 5.91 Å². The molecule has 0 aliphatic carbocycles. The molecular weight excluding hydrogens is 372 g/mol. The molecule has 1 atom stereocenters. The first-order valence-electron chi connectivity index (χ1n) is 9.85. The van der Waals surface area contributed by atoms with E-state index in [2.05, 4.69) is 17.1 Å². The van der Waals surface area contributed by atoms with E-state index < -0.39 is 5.97 Å². The number of piperidine rings is 1. The lowest BCUT2D eigenvalue weighted by Gasteiger charge is -2.30. The number of hydrogen-bond donors (Lipinski definition) is 1. The third-order valence-electron chi connectivity index (χ3n) is 4.99. The van der Waals surface area contributed by atoms with Gasteiger partial charge in [0, 0.05) is 17.5 Å². The molecule has 1 fully saturated rings. The number of ether oxygens (including phenoxy) is 1. The lowest BCUT2D eigenvalue weighted by molar-refractivity contribution is -0.117. The lowest BCUT2D eigenvalue weighted by atomic mass is 10.0. The van der Waals surface area contributed by atoms with Gasteiger partial charge in [0.05, 0.1) is 13.2 Å². The van der Waals surface area contributed by atoms with Gasteiger partial charge in [0.15, 0.2) is 0 Å². The third kappa shape index (κ3) is 5.00.